The summed E-state index contributed by atoms with van der Waals surface area (Å²) in [5.74, 6) is -0.126. The molecule has 0 aromatic carbocycles. The molecule has 0 aliphatic rings. The van der Waals surface area contributed by atoms with Crippen LogP contribution in [-0.4, -0.2) is 30.1 Å². The number of ether oxygens (including phenoxy) is 1. The molecule has 0 aliphatic carbocycles. The quantitative estimate of drug-likeness (QED) is 0.596. The Kier molecular flexibility index (Phi) is 5.14. The number of alkyl halides is 1. The Bertz CT molecular complexity index is 334. The lowest BCUT2D eigenvalue weighted by molar-refractivity contribution is -0.122. The fraction of sp³-hybridized carbons (Fsp3) is 0.400. The lowest BCUT2D eigenvalue weighted by Gasteiger charge is -2.05. The summed E-state index contributed by atoms with van der Waals surface area (Å²) in [7, 11) is 1.46. The molecule has 0 saturated heterocycles. The van der Waals surface area contributed by atoms with Crippen molar-refractivity contribution < 1.29 is 14.3 Å². The van der Waals surface area contributed by atoms with Gasteiger partial charge in [0, 0.05) is 13.5 Å². The number of halogens is 1. The molecule has 1 heterocycles. The van der Waals surface area contributed by atoms with Crippen molar-refractivity contribution in [3.05, 3.63) is 22.4 Å². The molecule has 0 amide bonds. The Hall–Kier alpha value is -0.520. The maximum absolute atomic E-state index is 11.7. The summed E-state index contributed by atoms with van der Waals surface area (Å²) in [6, 6.07) is 3.57. The van der Waals surface area contributed by atoms with Crippen molar-refractivity contribution in [2.75, 3.05) is 13.7 Å². The van der Waals surface area contributed by atoms with Gasteiger partial charge in [-0.05, 0) is 11.4 Å². The minimum absolute atomic E-state index is 0.0468. The zero-order chi connectivity index (χ0) is 11.3. The molecule has 0 N–H and O–H groups in total. The summed E-state index contributed by atoms with van der Waals surface area (Å²) in [6.07, 6.45) is 0.171. The van der Waals surface area contributed by atoms with Crippen LogP contribution >= 0.6 is 27.3 Å². The largest absolute Gasteiger partial charge is 0.377 e. The minimum Gasteiger partial charge on any atom is -0.377 e. The molecule has 1 aromatic rings. The molecule has 82 valence electrons. The van der Waals surface area contributed by atoms with E-state index in [9.17, 15) is 9.59 Å². The molecule has 0 bridgehead atoms. The highest BCUT2D eigenvalue weighted by Crippen LogP contribution is 2.17. The van der Waals surface area contributed by atoms with Gasteiger partial charge in [0.1, 0.15) is 6.61 Å². The van der Waals surface area contributed by atoms with Crippen LogP contribution in [0, 0.1) is 0 Å². The second kappa shape index (κ2) is 6.15. The molecule has 5 heteroatoms. The van der Waals surface area contributed by atoms with Gasteiger partial charge in [-0.3, -0.25) is 9.59 Å². The van der Waals surface area contributed by atoms with Gasteiger partial charge in [0.15, 0.2) is 11.6 Å². The molecule has 0 spiro atoms. The first-order valence-electron chi connectivity index (χ1n) is 4.37. The number of thiophene rings is 1. The molecule has 15 heavy (non-hydrogen) atoms. The van der Waals surface area contributed by atoms with Gasteiger partial charge in [-0.1, -0.05) is 22.0 Å². The molecular formula is C10H11BrO3S. The molecule has 0 fully saturated rings. The highest BCUT2D eigenvalue weighted by atomic mass is 79.9. The minimum atomic E-state index is -0.446. The Balaban J connectivity index is 2.51. The van der Waals surface area contributed by atoms with Crippen LogP contribution in [0.2, 0.25) is 0 Å². The third-order valence-corrected chi connectivity index (χ3v) is 3.38. The number of carbonyl (C=O) groups is 2. The van der Waals surface area contributed by atoms with Crippen molar-refractivity contribution in [1.82, 2.24) is 0 Å². The summed E-state index contributed by atoms with van der Waals surface area (Å²) in [4.78, 5) is 23.2. The number of carbonyl (C=O) groups excluding carboxylic acids is 2. The maximum Gasteiger partial charge on any atom is 0.186 e. The monoisotopic (exact) mass is 290 g/mol. The SMILES string of the molecule is COCC(=O)CC(Br)C(=O)c1cccs1. The van der Waals surface area contributed by atoms with Gasteiger partial charge in [0.2, 0.25) is 0 Å². The van der Waals surface area contributed by atoms with Gasteiger partial charge in [0.25, 0.3) is 0 Å². The Labute approximate surface area is 101 Å². The van der Waals surface area contributed by atoms with Gasteiger partial charge in [-0.2, -0.15) is 0 Å². The fourth-order valence-electron chi connectivity index (χ4n) is 1.09. The van der Waals surface area contributed by atoms with E-state index in [0.717, 1.165) is 0 Å². The van der Waals surface area contributed by atoms with E-state index in [-0.39, 0.29) is 24.6 Å². The summed E-state index contributed by atoms with van der Waals surface area (Å²) >= 11 is 4.59. The molecule has 1 rings (SSSR count). The molecule has 1 atom stereocenters. The number of rotatable bonds is 6. The van der Waals surface area contributed by atoms with Gasteiger partial charge in [-0.25, -0.2) is 0 Å². The zero-order valence-corrected chi connectivity index (χ0v) is 10.6. The molecule has 1 aromatic heterocycles. The normalized spacial score (nSPS) is 12.4. The van der Waals surface area contributed by atoms with E-state index in [2.05, 4.69) is 15.9 Å². The first-order valence-corrected chi connectivity index (χ1v) is 6.17. The zero-order valence-electron chi connectivity index (χ0n) is 8.23. The van der Waals surface area contributed by atoms with E-state index in [0.29, 0.717) is 4.88 Å². The first kappa shape index (κ1) is 12.5. The van der Waals surface area contributed by atoms with E-state index in [4.69, 9.17) is 4.74 Å². The van der Waals surface area contributed by atoms with E-state index in [1.807, 2.05) is 11.4 Å². The predicted molar refractivity (Wildman–Crippen MR) is 62.9 cm³/mol. The van der Waals surface area contributed by atoms with Crippen LogP contribution in [0.1, 0.15) is 16.1 Å². The van der Waals surface area contributed by atoms with Crippen LogP contribution in [0.4, 0.5) is 0 Å². The van der Waals surface area contributed by atoms with E-state index < -0.39 is 4.83 Å². The van der Waals surface area contributed by atoms with Crippen LogP contribution in [0.3, 0.4) is 0 Å². The van der Waals surface area contributed by atoms with Crippen molar-refractivity contribution in [3.8, 4) is 0 Å². The van der Waals surface area contributed by atoms with E-state index in [1.54, 1.807) is 6.07 Å². The molecule has 0 radical (unpaired) electrons. The summed E-state index contributed by atoms with van der Waals surface area (Å²) in [5, 5.41) is 1.84. The first-order chi connectivity index (χ1) is 7.15. The lowest BCUT2D eigenvalue weighted by atomic mass is 10.1. The maximum atomic E-state index is 11.7. The predicted octanol–water partition coefficient (Wildman–Crippen LogP) is 2.30. The Morgan fingerprint density at radius 2 is 2.33 bits per heavy atom. The lowest BCUT2D eigenvalue weighted by Crippen LogP contribution is -2.19. The van der Waals surface area contributed by atoms with Crippen molar-refractivity contribution in [2.24, 2.45) is 0 Å². The number of hydrogen-bond donors (Lipinski definition) is 0. The molecular weight excluding hydrogens is 280 g/mol. The highest BCUT2D eigenvalue weighted by Gasteiger charge is 2.20. The fourth-order valence-corrected chi connectivity index (χ4v) is 2.56. The molecule has 1 unspecified atom stereocenters. The van der Waals surface area contributed by atoms with Gasteiger partial charge in [0.05, 0.1) is 9.70 Å². The van der Waals surface area contributed by atoms with Crippen LogP contribution < -0.4 is 0 Å². The van der Waals surface area contributed by atoms with E-state index in [1.165, 1.54) is 18.4 Å². The standard InChI is InChI=1S/C10H11BrO3S/c1-14-6-7(12)5-8(11)10(13)9-3-2-4-15-9/h2-4,8H,5-6H2,1H3. The summed E-state index contributed by atoms with van der Waals surface area (Å²) in [5.41, 5.74) is 0. The van der Waals surface area contributed by atoms with Crippen LogP contribution in [0.5, 0.6) is 0 Å². The third kappa shape index (κ3) is 3.85. The van der Waals surface area contributed by atoms with Crippen LogP contribution in [0.15, 0.2) is 17.5 Å². The molecule has 0 saturated carbocycles. The number of methoxy groups -OCH3 is 1. The third-order valence-electron chi connectivity index (χ3n) is 1.76. The summed E-state index contributed by atoms with van der Waals surface area (Å²) in [6.45, 7) is 0.0554. The molecule has 3 nitrogen and oxygen atoms in total. The van der Waals surface area contributed by atoms with Crippen LogP contribution in [0.25, 0.3) is 0 Å². The number of Topliss-reactive ketones (excluding diaryl/α,β-unsaturated/α-hetero) is 2. The van der Waals surface area contributed by atoms with Gasteiger partial charge >= 0.3 is 0 Å². The van der Waals surface area contributed by atoms with Crippen molar-refractivity contribution in [3.63, 3.8) is 0 Å². The Morgan fingerprint density at radius 1 is 1.60 bits per heavy atom. The average molecular weight is 291 g/mol. The second-order valence-electron chi connectivity index (χ2n) is 2.98. The Morgan fingerprint density at radius 3 is 2.87 bits per heavy atom. The topological polar surface area (TPSA) is 43.4 Å². The van der Waals surface area contributed by atoms with E-state index >= 15 is 0 Å². The highest BCUT2D eigenvalue weighted by molar-refractivity contribution is 9.10. The van der Waals surface area contributed by atoms with Crippen molar-refractivity contribution >= 4 is 38.8 Å². The van der Waals surface area contributed by atoms with Crippen molar-refractivity contribution in [1.29, 1.82) is 0 Å². The second-order valence-corrected chi connectivity index (χ2v) is 5.04. The van der Waals surface area contributed by atoms with Crippen LogP contribution in [-0.2, 0) is 9.53 Å². The smallest absolute Gasteiger partial charge is 0.186 e. The average Bonchev–Trinajstić information content (AvgIpc) is 2.69. The summed E-state index contributed by atoms with van der Waals surface area (Å²) < 4.78 is 4.70. The van der Waals surface area contributed by atoms with Crippen molar-refractivity contribution in [2.45, 2.75) is 11.2 Å². The van der Waals surface area contributed by atoms with Gasteiger partial charge in [-0.15, -0.1) is 11.3 Å². The number of ketones is 2. The molecule has 0 aliphatic heterocycles. The number of hydrogen-bond acceptors (Lipinski definition) is 4. The van der Waals surface area contributed by atoms with Gasteiger partial charge < -0.3 is 4.74 Å².